The fourth-order valence-corrected chi connectivity index (χ4v) is 5.02. The summed E-state index contributed by atoms with van der Waals surface area (Å²) in [6.07, 6.45) is 8.58. The standard InChI is InChI=1S/C19H35N3O/c1-3-15(4-2)17(22-11-5-6-12-22)14-21-18(23)16-13-19(16)7-9-20-10-8-19/h15-17,20H,3-14H2,1-2H3,(H,21,23). The van der Waals surface area contributed by atoms with E-state index in [0.717, 1.165) is 26.1 Å². The van der Waals surface area contributed by atoms with Crippen molar-refractivity contribution in [3.05, 3.63) is 0 Å². The van der Waals surface area contributed by atoms with Crippen LogP contribution in [0, 0.1) is 17.3 Å². The van der Waals surface area contributed by atoms with Gasteiger partial charge in [-0.15, -0.1) is 0 Å². The van der Waals surface area contributed by atoms with Crippen molar-refractivity contribution in [2.45, 2.75) is 64.8 Å². The zero-order valence-corrected chi connectivity index (χ0v) is 15.1. The largest absolute Gasteiger partial charge is 0.354 e. The van der Waals surface area contributed by atoms with Crippen LogP contribution in [0.15, 0.2) is 0 Å². The quantitative estimate of drug-likeness (QED) is 0.757. The molecular weight excluding hydrogens is 286 g/mol. The van der Waals surface area contributed by atoms with Crippen LogP contribution < -0.4 is 10.6 Å². The van der Waals surface area contributed by atoms with Crippen LogP contribution in [-0.4, -0.2) is 49.6 Å². The highest BCUT2D eigenvalue weighted by molar-refractivity contribution is 5.82. The van der Waals surface area contributed by atoms with E-state index >= 15 is 0 Å². The van der Waals surface area contributed by atoms with Crippen LogP contribution in [0.2, 0.25) is 0 Å². The number of nitrogens with one attached hydrogen (secondary N) is 2. The zero-order chi connectivity index (χ0) is 16.3. The molecule has 2 unspecified atom stereocenters. The second kappa shape index (κ2) is 7.52. The fourth-order valence-electron chi connectivity index (χ4n) is 5.02. The van der Waals surface area contributed by atoms with E-state index in [9.17, 15) is 4.79 Å². The van der Waals surface area contributed by atoms with Gasteiger partial charge in [0.1, 0.15) is 0 Å². The summed E-state index contributed by atoms with van der Waals surface area (Å²) in [5, 5.41) is 6.76. The maximum atomic E-state index is 12.6. The van der Waals surface area contributed by atoms with Gasteiger partial charge in [-0.1, -0.05) is 26.7 Å². The summed E-state index contributed by atoms with van der Waals surface area (Å²) in [7, 11) is 0. The Morgan fingerprint density at radius 2 is 1.87 bits per heavy atom. The topological polar surface area (TPSA) is 44.4 Å². The number of carbonyl (C=O) groups is 1. The minimum Gasteiger partial charge on any atom is -0.354 e. The molecule has 0 aromatic rings. The minimum absolute atomic E-state index is 0.297. The first-order valence-corrected chi connectivity index (χ1v) is 9.92. The van der Waals surface area contributed by atoms with Gasteiger partial charge in [0.2, 0.25) is 5.91 Å². The van der Waals surface area contributed by atoms with Gasteiger partial charge < -0.3 is 10.6 Å². The lowest BCUT2D eigenvalue weighted by atomic mass is 9.91. The van der Waals surface area contributed by atoms with Crippen molar-refractivity contribution in [3.63, 3.8) is 0 Å². The maximum Gasteiger partial charge on any atom is 0.223 e. The molecule has 0 aromatic carbocycles. The number of hydrogen-bond donors (Lipinski definition) is 2. The van der Waals surface area contributed by atoms with Gasteiger partial charge in [-0.2, -0.15) is 0 Å². The Balaban J connectivity index is 1.53. The van der Waals surface area contributed by atoms with E-state index in [4.69, 9.17) is 0 Å². The Labute approximate surface area is 141 Å². The van der Waals surface area contributed by atoms with Crippen LogP contribution in [0.25, 0.3) is 0 Å². The van der Waals surface area contributed by atoms with E-state index in [1.807, 2.05) is 0 Å². The van der Waals surface area contributed by atoms with Crippen LogP contribution in [0.3, 0.4) is 0 Å². The van der Waals surface area contributed by atoms with Crippen molar-refractivity contribution >= 4 is 5.91 Å². The summed E-state index contributed by atoms with van der Waals surface area (Å²) in [6, 6.07) is 0.541. The Hall–Kier alpha value is -0.610. The summed E-state index contributed by atoms with van der Waals surface area (Å²) >= 11 is 0. The summed E-state index contributed by atoms with van der Waals surface area (Å²) in [5.41, 5.74) is 0.355. The monoisotopic (exact) mass is 321 g/mol. The molecule has 1 saturated carbocycles. The molecule has 1 amide bonds. The lowest BCUT2D eigenvalue weighted by molar-refractivity contribution is -0.123. The van der Waals surface area contributed by atoms with Crippen molar-refractivity contribution in [2.75, 3.05) is 32.7 Å². The van der Waals surface area contributed by atoms with Crippen molar-refractivity contribution in [3.8, 4) is 0 Å². The molecule has 3 aliphatic rings. The Kier molecular flexibility index (Phi) is 5.63. The molecular formula is C19H35N3O. The molecule has 3 rings (SSSR count). The first-order chi connectivity index (χ1) is 11.2. The van der Waals surface area contributed by atoms with Crippen LogP contribution in [0.1, 0.15) is 58.8 Å². The summed E-state index contributed by atoms with van der Waals surface area (Å²) in [6.45, 7) is 10.1. The van der Waals surface area contributed by atoms with Gasteiger partial charge in [0.15, 0.2) is 0 Å². The van der Waals surface area contributed by atoms with E-state index < -0.39 is 0 Å². The highest BCUT2D eigenvalue weighted by Gasteiger charge is 2.57. The first kappa shape index (κ1) is 17.2. The molecule has 2 atom stereocenters. The zero-order valence-electron chi connectivity index (χ0n) is 15.1. The highest BCUT2D eigenvalue weighted by atomic mass is 16.2. The van der Waals surface area contributed by atoms with Gasteiger partial charge in [-0.3, -0.25) is 9.69 Å². The van der Waals surface area contributed by atoms with Gasteiger partial charge in [0, 0.05) is 18.5 Å². The molecule has 23 heavy (non-hydrogen) atoms. The average Bonchev–Trinajstić information content (AvgIpc) is 3.00. The van der Waals surface area contributed by atoms with Gasteiger partial charge in [-0.25, -0.2) is 0 Å². The molecule has 1 spiro atoms. The normalized spacial score (nSPS) is 28.2. The van der Waals surface area contributed by atoms with Gasteiger partial charge in [-0.05, 0) is 69.6 Å². The highest BCUT2D eigenvalue weighted by Crippen LogP contribution is 2.58. The van der Waals surface area contributed by atoms with E-state index in [-0.39, 0.29) is 0 Å². The Morgan fingerprint density at radius 3 is 2.48 bits per heavy atom. The van der Waals surface area contributed by atoms with Crippen molar-refractivity contribution < 1.29 is 4.79 Å². The number of piperidine rings is 1. The van der Waals surface area contributed by atoms with Gasteiger partial charge >= 0.3 is 0 Å². The smallest absolute Gasteiger partial charge is 0.223 e. The van der Waals surface area contributed by atoms with Gasteiger partial charge in [0.05, 0.1) is 0 Å². The molecule has 2 saturated heterocycles. The second-order valence-electron chi connectivity index (χ2n) is 8.00. The molecule has 1 aliphatic carbocycles. The lowest BCUT2D eigenvalue weighted by Gasteiger charge is -2.34. The Morgan fingerprint density at radius 1 is 1.22 bits per heavy atom. The molecule has 2 N–H and O–H groups in total. The molecule has 0 bridgehead atoms. The van der Waals surface area contributed by atoms with Crippen LogP contribution >= 0.6 is 0 Å². The molecule has 4 nitrogen and oxygen atoms in total. The number of carbonyl (C=O) groups excluding carboxylic acids is 1. The van der Waals surface area contributed by atoms with E-state index in [2.05, 4.69) is 29.4 Å². The number of likely N-dealkylation sites (tertiary alicyclic amines) is 1. The third-order valence-electron chi connectivity index (χ3n) is 6.79. The predicted molar refractivity (Wildman–Crippen MR) is 94.3 cm³/mol. The summed E-state index contributed by atoms with van der Waals surface area (Å²) in [4.78, 5) is 15.3. The van der Waals surface area contributed by atoms with Crippen LogP contribution in [0.5, 0.6) is 0 Å². The first-order valence-electron chi connectivity index (χ1n) is 9.92. The van der Waals surface area contributed by atoms with E-state index in [1.165, 1.54) is 51.6 Å². The van der Waals surface area contributed by atoms with Crippen molar-refractivity contribution in [1.29, 1.82) is 0 Å². The van der Waals surface area contributed by atoms with Crippen molar-refractivity contribution in [1.82, 2.24) is 15.5 Å². The molecule has 3 fully saturated rings. The van der Waals surface area contributed by atoms with E-state index in [0.29, 0.717) is 29.2 Å². The fraction of sp³-hybridized carbons (Fsp3) is 0.947. The maximum absolute atomic E-state index is 12.6. The molecule has 2 heterocycles. The van der Waals surface area contributed by atoms with Crippen molar-refractivity contribution in [2.24, 2.45) is 17.3 Å². The lowest BCUT2D eigenvalue weighted by Crippen LogP contribution is -2.47. The van der Waals surface area contributed by atoms with Gasteiger partial charge in [0.25, 0.3) is 0 Å². The SMILES string of the molecule is CCC(CC)C(CNC(=O)C1CC12CCNCC2)N1CCCC1. The third kappa shape index (κ3) is 3.74. The van der Waals surface area contributed by atoms with Crippen LogP contribution in [0.4, 0.5) is 0 Å². The molecule has 0 radical (unpaired) electrons. The number of hydrogen-bond acceptors (Lipinski definition) is 3. The average molecular weight is 322 g/mol. The summed E-state index contributed by atoms with van der Waals surface area (Å²) < 4.78 is 0. The molecule has 2 aliphatic heterocycles. The molecule has 132 valence electrons. The number of rotatable bonds is 7. The summed E-state index contributed by atoms with van der Waals surface area (Å²) in [5.74, 6) is 1.34. The number of nitrogens with zero attached hydrogens (tertiary/aromatic N) is 1. The predicted octanol–water partition coefficient (Wildman–Crippen LogP) is 2.39. The number of amides is 1. The Bertz CT molecular complexity index is 393. The molecule has 4 heteroatoms. The molecule has 0 aromatic heterocycles. The van der Waals surface area contributed by atoms with E-state index in [1.54, 1.807) is 0 Å². The van der Waals surface area contributed by atoms with Crippen LogP contribution in [-0.2, 0) is 4.79 Å². The minimum atomic E-state index is 0.297. The second-order valence-corrected chi connectivity index (χ2v) is 8.00. The third-order valence-corrected chi connectivity index (χ3v) is 6.79.